The van der Waals surface area contributed by atoms with Crippen LogP contribution in [0.1, 0.15) is 62.5 Å². The number of aromatic nitrogens is 2. The highest BCUT2D eigenvalue weighted by molar-refractivity contribution is 5.77. The average molecular weight is 318 g/mol. The Bertz CT molecular complexity index is 513. The van der Waals surface area contributed by atoms with Crippen LogP contribution in [0, 0.1) is 6.92 Å². The van der Waals surface area contributed by atoms with Crippen LogP contribution >= 0.6 is 0 Å². The zero-order valence-electron chi connectivity index (χ0n) is 14.4. The van der Waals surface area contributed by atoms with Gasteiger partial charge in [-0.2, -0.15) is 0 Å². The first-order valence-corrected chi connectivity index (χ1v) is 9.26. The fraction of sp³-hybridized carbons (Fsp3) is 0.778. The molecule has 0 spiro atoms. The van der Waals surface area contributed by atoms with E-state index in [2.05, 4.69) is 26.7 Å². The third kappa shape index (κ3) is 4.34. The Balaban J connectivity index is 1.43. The van der Waals surface area contributed by atoms with Crippen molar-refractivity contribution in [3.8, 4) is 0 Å². The molecule has 3 rings (SSSR count). The number of likely N-dealkylation sites (tertiary alicyclic amines) is 1. The number of rotatable bonds is 6. The number of hydrogen-bond donors (Lipinski definition) is 1. The van der Waals surface area contributed by atoms with Crippen LogP contribution in [0.3, 0.4) is 0 Å². The van der Waals surface area contributed by atoms with E-state index in [1.54, 1.807) is 0 Å². The van der Waals surface area contributed by atoms with Gasteiger partial charge in [0.05, 0.1) is 6.54 Å². The molecule has 0 aromatic carbocycles. The van der Waals surface area contributed by atoms with Gasteiger partial charge in [-0.1, -0.05) is 12.8 Å². The van der Waals surface area contributed by atoms with Crippen LogP contribution in [-0.2, 0) is 11.2 Å². The summed E-state index contributed by atoms with van der Waals surface area (Å²) in [5, 5.41) is 3.08. The summed E-state index contributed by atoms with van der Waals surface area (Å²) in [4.78, 5) is 19.0. The number of imidazole rings is 1. The molecule has 1 aromatic heterocycles. The second-order valence-corrected chi connectivity index (χ2v) is 7.06. The largest absolute Gasteiger partial charge is 0.355 e. The maximum Gasteiger partial charge on any atom is 0.234 e. The van der Waals surface area contributed by atoms with E-state index >= 15 is 0 Å². The molecule has 1 N–H and O–H groups in total. The first-order chi connectivity index (χ1) is 11.2. The lowest BCUT2D eigenvalue weighted by molar-refractivity contribution is -0.122. The molecule has 5 nitrogen and oxygen atoms in total. The van der Waals surface area contributed by atoms with Gasteiger partial charge < -0.3 is 9.88 Å². The van der Waals surface area contributed by atoms with Crippen molar-refractivity contribution in [2.75, 3.05) is 26.2 Å². The minimum Gasteiger partial charge on any atom is -0.355 e. The number of carbonyl (C=O) groups excluding carboxylic acids is 1. The maximum absolute atomic E-state index is 12.1. The minimum atomic E-state index is 0.158. The van der Waals surface area contributed by atoms with Gasteiger partial charge in [-0.25, -0.2) is 4.98 Å². The number of nitrogens with one attached hydrogen (secondary N) is 1. The number of hydrogen-bond acceptors (Lipinski definition) is 3. The van der Waals surface area contributed by atoms with Gasteiger partial charge >= 0.3 is 0 Å². The van der Waals surface area contributed by atoms with Crippen molar-refractivity contribution in [1.82, 2.24) is 19.8 Å². The predicted molar refractivity (Wildman–Crippen MR) is 91.5 cm³/mol. The van der Waals surface area contributed by atoms with E-state index in [0.717, 1.165) is 25.3 Å². The van der Waals surface area contributed by atoms with Crippen LogP contribution in [0.4, 0.5) is 0 Å². The van der Waals surface area contributed by atoms with Crippen molar-refractivity contribution in [3.63, 3.8) is 0 Å². The van der Waals surface area contributed by atoms with Crippen molar-refractivity contribution in [2.45, 2.75) is 64.3 Å². The molecule has 23 heavy (non-hydrogen) atoms. The number of aryl methyl sites for hydroxylation is 1. The van der Waals surface area contributed by atoms with Crippen LogP contribution in [0.2, 0.25) is 0 Å². The summed E-state index contributed by atoms with van der Waals surface area (Å²) in [6.07, 6.45) is 11.7. The molecule has 1 aliphatic carbocycles. The average Bonchev–Trinajstić information content (AvgIpc) is 2.70. The van der Waals surface area contributed by atoms with E-state index in [0.29, 0.717) is 19.1 Å². The van der Waals surface area contributed by atoms with Crippen LogP contribution in [-0.4, -0.2) is 46.5 Å². The van der Waals surface area contributed by atoms with E-state index in [-0.39, 0.29) is 5.91 Å². The lowest BCUT2D eigenvalue weighted by atomic mass is 9.92. The maximum atomic E-state index is 12.1. The molecule has 0 bridgehead atoms. The summed E-state index contributed by atoms with van der Waals surface area (Å²) in [5.74, 6) is 1.28. The van der Waals surface area contributed by atoms with E-state index < -0.39 is 0 Å². The van der Waals surface area contributed by atoms with Gasteiger partial charge in [0.2, 0.25) is 5.91 Å². The Morgan fingerprint density at radius 3 is 2.61 bits per heavy atom. The number of nitrogens with zero attached hydrogens (tertiary/aromatic N) is 3. The Hall–Kier alpha value is -1.36. The normalized spacial score (nSPS) is 20.0. The lowest BCUT2D eigenvalue weighted by Gasteiger charge is -2.29. The van der Waals surface area contributed by atoms with Crippen LogP contribution < -0.4 is 5.32 Å². The molecular weight excluding hydrogens is 288 g/mol. The molecule has 1 amide bonds. The first-order valence-electron chi connectivity index (χ1n) is 9.26. The summed E-state index contributed by atoms with van der Waals surface area (Å²) >= 11 is 0. The molecule has 0 unspecified atom stereocenters. The third-order valence-corrected chi connectivity index (χ3v) is 5.23. The van der Waals surface area contributed by atoms with E-state index in [4.69, 9.17) is 0 Å². The van der Waals surface area contributed by atoms with E-state index in [9.17, 15) is 4.79 Å². The zero-order valence-corrected chi connectivity index (χ0v) is 14.4. The monoisotopic (exact) mass is 318 g/mol. The molecule has 2 heterocycles. The fourth-order valence-corrected chi connectivity index (χ4v) is 3.69. The van der Waals surface area contributed by atoms with Crippen LogP contribution in [0.5, 0.6) is 0 Å². The van der Waals surface area contributed by atoms with Crippen molar-refractivity contribution >= 4 is 5.91 Å². The minimum absolute atomic E-state index is 0.158. The molecule has 0 radical (unpaired) electrons. The van der Waals surface area contributed by atoms with Gasteiger partial charge in [0, 0.05) is 30.9 Å². The molecule has 1 aromatic rings. The second kappa shape index (κ2) is 7.95. The third-order valence-electron chi connectivity index (χ3n) is 5.23. The molecule has 0 atom stereocenters. The molecule has 128 valence electrons. The fourth-order valence-electron chi connectivity index (χ4n) is 3.69. The lowest BCUT2D eigenvalue weighted by Crippen LogP contribution is -2.38. The highest BCUT2D eigenvalue weighted by atomic mass is 16.2. The van der Waals surface area contributed by atoms with Gasteiger partial charge in [-0.05, 0) is 52.1 Å². The number of carbonyl (C=O) groups is 1. The van der Waals surface area contributed by atoms with E-state index in [1.807, 2.05) is 6.20 Å². The van der Waals surface area contributed by atoms with Crippen molar-refractivity contribution < 1.29 is 4.79 Å². The summed E-state index contributed by atoms with van der Waals surface area (Å²) in [6, 6.07) is 0.639. The Morgan fingerprint density at radius 1 is 1.22 bits per heavy atom. The van der Waals surface area contributed by atoms with Gasteiger partial charge in [0.15, 0.2) is 0 Å². The molecule has 1 saturated carbocycles. The first kappa shape index (κ1) is 16.5. The van der Waals surface area contributed by atoms with E-state index in [1.165, 1.54) is 50.6 Å². The predicted octanol–water partition coefficient (Wildman–Crippen LogP) is 2.45. The highest BCUT2D eigenvalue weighted by Crippen LogP contribution is 2.33. The van der Waals surface area contributed by atoms with Crippen molar-refractivity contribution in [1.29, 1.82) is 0 Å². The van der Waals surface area contributed by atoms with Crippen molar-refractivity contribution in [3.05, 3.63) is 17.7 Å². The molecular formula is C18H30N4O. The Morgan fingerprint density at radius 2 is 1.96 bits per heavy atom. The second-order valence-electron chi connectivity index (χ2n) is 7.06. The SMILES string of the molecule is Cc1cnc(CCNC(=O)CN2CCCCCC2)n1C1CCC1. The molecule has 2 fully saturated rings. The smallest absolute Gasteiger partial charge is 0.234 e. The molecule has 1 saturated heterocycles. The zero-order chi connectivity index (χ0) is 16.1. The van der Waals surface area contributed by atoms with Crippen LogP contribution in [0.15, 0.2) is 6.20 Å². The van der Waals surface area contributed by atoms with Gasteiger partial charge in [0.1, 0.15) is 5.82 Å². The van der Waals surface area contributed by atoms with Gasteiger partial charge in [-0.3, -0.25) is 9.69 Å². The Labute approximate surface area is 139 Å². The quantitative estimate of drug-likeness (QED) is 0.876. The molecule has 5 heteroatoms. The van der Waals surface area contributed by atoms with Gasteiger partial charge in [0.25, 0.3) is 0 Å². The standard InChI is InChI=1S/C18H30N4O/c1-15-13-20-17(22(15)16-7-6-8-16)9-10-19-18(23)14-21-11-4-2-3-5-12-21/h13,16H,2-12,14H2,1H3,(H,19,23). The molecule has 2 aliphatic rings. The Kier molecular flexibility index (Phi) is 5.70. The number of amides is 1. The van der Waals surface area contributed by atoms with Gasteiger partial charge in [-0.15, -0.1) is 0 Å². The topological polar surface area (TPSA) is 50.2 Å². The summed E-state index contributed by atoms with van der Waals surface area (Å²) in [5.41, 5.74) is 1.25. The summed E-state index contributed by atoms with van der Waals surface area (Å²) in [7, 11) is 0. The summed E-state index contributed by atoms with van der Waals surface area (Å²) in [6.45, 7) is 5.51. The summed E-state index contributed by atoms with van der Waals surface area (Å²) < 4.78 is 2.38. The molecule has 1 aliphatic heterocycles. The van der Waals surface area contributed by atoms with Crippen molar-refractivity contribution in [2.24, 2.45) is 0 Å². The highest BCUT2D eigenvalue weighted by Gasteiger charge is 2.23. The van der Waals surface area contributed by atoms with Crippen LogP contribution in [0.25, 0.3) is 0 Å².